The van der Waals surface area contributed by atoms with Crippen LogP contribution in [0.4, 0.5) is 5.69 Å². The van der Waals surface area contributed by atoms with E-state index in [9.17, 15) is 8.42 Å². The molecule has 0 saturated heterocycles. The lowest BCUT2D eigenvalue weighted by atomic mass is 10.3. The van der Waals surface area contributed by atoms with Crippen molar-refractivity contribution in [3.8, 4) is 0 Å². The van der Waals surface area contributed by atoms with E-state index in [2.05, 4.69) is 20.7 Å². The predicted molar refractivity (Wildman–Crippen MR) is 69.2 cm³/mol. The maximum Gasteiger partial charge on any atom is 0.242 e. The molecule has 1 rings (SSSR count). The van der Waals surface area contributed by atoms with Gasteiger partial charge in [0.2, 0.25) is 10.0 Å². The molecule has 15 heavy (non-hydrogen) atoms. The molecule has 0 heterocycles. The molecule has 6 heteroatoms. The second-order valence-electron chi connectivity index (χ2n) is 2.76. The van der Waals surface area contributed by atoms with Crippen molar-refractivity contribution < 1.29 is 8.42 Å². The molecule has 1 aromatic rings. The molecule has 84 valence electrons. The zero-order valence-corrected chi connectivity index (χ0v) is 11.5. The molecule has 1 N–H and O–H groups in total. The van der Waals surface area contributed by atoms with E-state index in [0.29, 0.717) is 5.69 Å². The quantitative estimate of drug-likeness (QED) is 0.672. The van der Waals surface area contributed by atoms with E-state index in [1.54, 1.807) is 17.8 Å². The largest absolute Gasteiger partial charge is 0.282 e. The van der Waals surface area contributed by atoms with Gasteiger partial charge in [0, 0.05) is 4.90 Å². The number of halogens is 1. The van der Waals surface area contributed by atoms with E-state index in [-0.39, 0.29) is 4.66 Å². The summed E-state index contributed by atoms with van der Waals surface area (Å²) in [6.07, 6.45) is 0. The van der Waals surface area contributed by atoms with Gasteiger partial charge in [-0.25, -0.2) is 8.42 Å². The normalized spacial score (nSPS) is 11.3. The van der Waals surface area contributed by atoms with Crippen molar-refractivity contribution in [3.05, 3.63) is 24.3 Å². The van der Waals surface area contributed by atoms with Crippen LogP contribution in [-0.2, 0) is 10.0 Å². The first-order valence-corrected chi connectivity index (χ1v) is 8.13. The van der Waals surface area contributed by atoms with Crippen LogP contribution < -0.4 is 4.72 Å². The number of alkyl halides is 1. The van der Waals surface area contributed by atoms with Gasteiger partial charge in [0.1, 0.15) is 4.66 Å². The van der Waals surface area contributed by atoms with Crippen molar-refractivity contribution >= 4 is 43.4 Å². The summed E-state index contributed by atoms with van der Waals surface area (Å²) >= 11 is 4.55. The lowest BCUT2D eigenvalue weighted by molar-refractivity contribution is 0.606. The Morgan fingerprint density at radius 1 is 1.40 bits per heavy atom. The number of para-hydroxylation sites is 1. The summed E-state index contributed by atoms with van der Waals surface area (Å²) in [6, 6.07) is 7.37. The van der Waals surface area contributed by atoms with Gasteiger partial charge in [0.15, 0.2) is 0 Å². The first-order chi connectivity index (χ1) is 7.09. The summed E-state index contributed by atoms with van der Waals surface area (Å²) in [6.45, 7) is 2.03. The average Bonchev–Trinajstić information content (AvgIpc) is 2.21. The molecule has 0 saturated carbocycles. The molecule has 0 fully saturated rings. The average molecular weight is 310 g/mol. The molecule has 0 aliphatic carbocycles. The third-order valence-corrected chi connectivity index (χ3v) is 5.18. The second-order valence-corrected chi connectivity index (χ2v) is 7.09. The summed E-state index contributed by atoms with van der Waals surface area (Å²) in [5.41, 5.74) is 0.642. The summed E-state index contributed by atoms with van der Waals surface area (Å²) in [4.78, 5) is 0.949. The minimum atomic E-state index is -3.26. The molecule has 3 nitrogen and oxygen atoms in total. The van der Waals surface area contributed by atoms with Gasteiger partial charge >= 0.3 is 0 Å². The van der Waals surface area contributed by atoms with Crippen LogP contribution in [0.1, 0.15) is 6.92 Å². The van der Waals surface area contributed by atoms with Crippen molar-refractivity contribution in [1.29, 1.82) is 0 Å². The maximum absolute atomic E-state index is 11.4. The van der Waals surface area contributed by atoms with Gasteiger partial charge < -0.3 is 0 Å². The SMILES string of the molecule is CCSc1ccccc1NS(=O)(=O)CBr. The number of benzene rings is 1. The van der Waals surface area contributed by atoms with E-state index in [1.807, 2.05) is 25.1 Å². The Balaban J connectivity index is 2.94. The highest BCUT2D eigenvalue weighted by molar-refractivity contribution is 9.10. The number of nitrogens with one attached hydrogen (secondary N) is 1. The van der Waals surface area contributed by atoms with Crippen LogP contribution in [0.25, 0.3) is 0 Å². The number of hydrogen-bond donors (Lipinski definition) is 1. The molecule has 0 unspecified atom stereocenters. The van der Waals surface area contributed by atoms with E-state index in [0.717, 1.165) is 10.6 Å². The fraction of sp³-hybridized carbons (Fsp3) is 0.333. The smallest absolute Gasteiger partial charge is 0.242 e. The minimum absolute atomic E-state index is 0.0921. The molecular formula is C9H12BrNO2S2. The highest BCUT2D eigenvalue weighted by Gasteiger charge is 2.10. The van der Waals surface area contributed by atoms with Crippen molar-refractivity contribution in [2.45, 2.75) is 11.8 Å². The Morgan fingerprint density at radius 3 is 2.67 bits per heavy atom. The van der Waals surface area contributed by atoms with Crippen molar-refractivity contribution in [3.63, 3.8) is 0 Å². The zero-order chi connectivity index (χ0) is 11.3. The Labute approximate surface area is 103 Å². The van der Waals surface area contributed by atoms with Gasteiger partial charge in [-0.15, -0.1) is 11.8 Å². The first-order valence-electron chi connectivity index (χ1n) is 4.37. The first kappa shape index (κ1) is 12.9. The van der Waals surface area contributed by atoms with E-state index < -0.39 is 10.0 Å². The Hall–Kier alpha value is -0.200. The molecule has 0 radical (unpaired) electrons. The second kappa shape index (κ2) is 5.77. The standard InChI is InChI=1S/C9H12BrNO2S2/c1-2-14-9-6-4-3-5-8(9)11-15(12,13)7-10/h3-6,11H,2,7H2,1H3. The summed E-state index contributed by atoms with van der Waals surface area (Å²) in [7, 11) is -3.26. The molecule has 0 spiro atoms. The number of anilines is 1. The number of sulfonamides is 1. The summed E-state index contributed by atoms with van der Waals surface area (Å²) < 4.78 is 25.1. The number of hydrogen-bond acceptors (Lipinski definition) is 3. The van der Waals surface area contributed by atoms with E-state index in [1.165, 1.54) is 0 Å². The Morgan fingerprint density at radius 2 is 2.07 bits per heavy atom. The van der Waals surface area contributed by atoms with E-state index in [4.69, 9.17) is 0 Å². The predicted octanol–water partition coefficient (Wildman–Crippen LogP) is 2.89. The molecule has 0 aliphatic heterocycles. The molecule has 0 atom stereocenters. The van der Waals surface area contributed by atoms with Crippen LogP contribution in [0, 0.1) is 0 Å². The van der Waals surface area contributed by atoms with Crippen LogP contribution in [0.2, 0.25) is 0 Å². The van der Waals surface area contributed by atoms with Crippen LogP contribution >= 0.6 is 27.7 Å². The van der Waals surface area contributed by atoms with Crippen LogP contribution in [0.15, 0.2) is 29.2 Å². The van der Waals surface area contributed by atoms with Gasteiger partial charge in [0.05, 0.1) is 5.69 Å². The van der Waals surface area contributed by atoms with Crippen molar-refractivity contribution in [1.82, 2.24) is 0 Å². The maximum atomic E-state index is 11.4. The van der Waals surface area contributed by atoms with Gasteiger partial charge in [-0.3, -0.25) is 4.72 Å². The molecule has 1 aromatic carbocycles. The Kier molecular flexibility index (Phi) is 4.95. The molecule has 0 aliphatic rings. The van der Waals surface area contributed by atoms with Crippen LogP contribution in [-0.4, -0.2) is 18.8 Å². The molecule has 0 bridgehead atoms. The fourth-order valence-electron chi connectivity index (χ4n) is 1.03. The third-order valence-electron chi connectivity index (χ3n) is 1.60. The van der Waals surface area contributed by atoms with Crippen LogP contribution in [0.3, 0.4) is 0 Å². The van der Waals surface area contributed by atoms with Gasteiger partial charge in [-0.05, 0) is 17.9 Å². The van der Waals surface area contributed by atoms with Gasteiger partial charge in [-0.2, -0.15) is 0 Å². The topological polar surface area (TPSA) is 46.2 Å². The Bertz CT molecular complexity index is 420. The summed E-state index contributed by atoms with van der Waals surface area (Å²) in [5.74, 6) is 0.910. The lowest BCUT2D eigenvalue weighted by Crippen LogP contribution is -2.13. The van der Waals surface area contributed by atoms with E-state index >= 15 is 0 Å². The monoisotopic (exact) mass is 309 g/mol. The zero-order valence-electron chi connectivity index (χ0n) is 8.23. The lowest BCUT2D eigenvalue weighted by Gasteiger charge is -2.09. The fourth-order valence-corrected chi connectivity index (χ4v) is 2.76. The number of thioether (sulfide) groups is 1. The highest BCUT2D eigenvalue weighted by Crippen LogP contribution is 2.27. The van der Waals surface area contributed by atoms with Crippen molar-refractivity contribution in [2.75, 3.05) is 15.1 Å². The molecule has 0 amide bonds. The third kappa shape index (κ3) is 4.04. The highest BCUT2D eigenvalue weighted by atomic mass is 79.9. The van der Waals surface area contributed by atoms with Crippen molar-refractivity contribution in [2.24, 2.45) is 0 Å². The van der Waals surface area contributed by atoms with Crippen LogP contribution in [0.5, 0.6) is 0 Å². The summed E-state index contributed by atoms with van der Waals surface area (Å²) in [5, 5.41) is 0. The molecular weight excluding hydrogens is 298 g/mol. The minimum Gasteiger partial charge on any atom is -0.282 e. The van der Waals surface area contributed by atoms with Gasteiger partial charge in [-0.1, -0.05) is 35.0 Å². The number of rotatable bonds is 5. The molecule has 0 aromatic heterocycles. The van der Waals surface area contributed by atoms with Gasteiger partial charge in [0.25, 0.3) is 0 Å².